The van der Waals surface area contributed by atoms with Crippen LogP contribution in [0.1, 0.15) is 25.5 Å². The smallest absolute Gasteiger partial charge is 0.338 e. The predicted octanol–water partition coefficient (Wildman–Crippen LogP) is 4.33. The largest absolute Gasteiger partial charge is 0.463 e. The molecule has 2 aromatic rings. The zero-order valence-corrected chi connectivity index (χ0v) is 16.5. The molecule has 1 heterocycles. The molecule has 2 aromatic carbocycles. The third-order valence-electron chi connectivity index (χ3n) is 4.01. The first-order chi connectivity index (χ1) is 13.0. The minimum atomic E-state index is -0.383. The summed E-state index contributed by atoms with van der Waals surface area (Å²) in [5, 5.41) is 6.57. The molecule has 0 radical (unpaired) electrons. The standard InChI is InChI=1S/C20H19FN2O2S2/c1-3-25-19(24)17-12(2)22-20(26)23-18(17)13-7-9-15(10-8-13)27-16-6-4-5-14(21)11-16/h4-11,18H,3H2,1-2H3,(H2,22,23,26). The van der Waals surface area contributed by atoms with Gasteiger partial charge in [-0.2, -0.15) is 0 Å². The van der Waals surface area contributed by atoms with Crippen LogP contribution in [0.2, 0.25) is 0 Å². The number of carbonyl (C=O) groups excluding carboxylic acids is 1. The monoisotopic (exact) mass is 402 g/mol. The second-order valence-corrected chi connectivity index (χ2v) is 7.47. The molecule has 0 fully saturated rings. The van der Waals surface area contributed by atoms with Gasteiger partial charge in [0.05, 0.1) is 18.2 Å². The third kappa shape index (κ3) is 4.67. The number of thiocarbonyl (C=S) groups is 1. The number of nitrogens with one attached hydrogen (secondary N) is 2. The van der Waals surface area contributed by atoms with Crippen LogP contribution in [-0.2, 0) is 9.53 Å². The highest BCUT2D eigenvalue weighted by atomic mass is 32.2. The van der Waals surface area contributed by atoms with E-state index in [1.165, 1.54) is 23.9 Å². The molecule has 1 unspecified atom stereocenters. The second-order valence-electron chi connectivity index (χ2n) is 5.92. The summed E-state index contributed by atoms with van der Waals surface area (Å²) < 4.78 is 18.5. The van der Waals surface area contributed by atoms with E-state index in [0.717, 1.165) is 15.4 Å². The molecule has 0 saturated carbocycles. The molecule has 0 bridgehead atoms. The first kappa shape index (κ1) is 19.4. The lowest BCUT2D eigenvalue weighted by molar-refractivity contribution is -0.139. The van der Waals surface area contributed by atoms with Crippen LogP contribution < -0.4 is 10.6 Å². The number of allylic oxidation sites excluding steroid dienone is 1. The summed E-state index contributed by atoms with van der Waals surface area (Å²) in [4.78, 5) is 14.2. The van der Waals surface area contributed by atoms with Gasteiger partial charge in [-0.3, -0.25) is 0 Å². The Hall–Kier alpha value is -2.38. The Balaban J connectivity index is 1.85. The topological polar surface area (TPSA) is 50.4 Å². The van der Waals surface area contributed by atoms with Crippen LogP contribution in [0.5, 0.6) is 0 Å². The molecule has 1 aliphatic heterocycles. The summed E-state index contributed by atoms with van der Waals surface area (Å²) in [6.07, 6.45) is 0. The van der Waals surface area contributed by atoms with Gasteiger partial charge < -0.3 is 15.4 Å². The minimum Gasteiger partial charge on any atom is -0.463 e. The lowest BCUT2D eigenvalue weighted by Crippen LogP contribution is -2.45. The van der Waals surface area contributed by atoms with E-state index >= 15 is 0 Å². The average Bonchev–Trinajstić information content (AvgIpc) is 2.62. The summed E-state index contributed by atoms with van der Waals surface area (Å²) in [6, 6.07) is 13.8. The zero-order chi connectivity index (χ0) is 19.4. The molecular formula is C20H19FN2O2S2. The Morgan fingerprint density at radius 3 is 2.63 bits per heavy atom. The van der Waals surface area contributed by atoms with Crippen molar-refractivity contribution in [3.05, 3.63) is 71.2 Å². The van der Waals surface area contributed by atoms with Crippen molar-refractivity contribution >= 4 is 35.1 Å². The molecule has 2 N–H and O–H groups in total. The maximum Gasteiger partial charge on any atom is 0.338 e. The molecule has 4 nitrogen and oxygen atoms in total. The SMILES string of the molecule is CCOC(=O)C1=C(C)NC(=S)NC1c1ccc(Sc2cccc(F)c2)cc1. The Kier molecular flexibility index (Phi) is 6.13. The van der Waals surface area contributed by atoms with Gasteiger partial charge >= 0.3 is 5.97 Å². The van der Waals surface area contributed by atoms with E-state index in [1.54, 1.807) is 19.9 Å². The molecule has 1 atom stereocenters. The van der Waals surface area contributed by atoms with Crippen LogP contribution in [0, 0.1) is 5.82 Å². The first-order valence-electron chi connectivity index (χ1n) is 8.46. The molecule has 0 aromatic heterocycles. The molecular weight excluding hydrogens is 383 g/mol. The Bertz CT molecular complexity index is 897. The van der Waals surface area contributed by atoms with Crippen molar-refractivity contribution in [1.82, 2.24) is 10.6 Å². The highest BCUT2D eigenvalue weighted by Crippen LogP contribution is 2.32. The summed E-state index contributed by atoms with van der Waals surface area (Å²) in [7, 11) is 0. The van der Waals surface area contributed by atoms with E-state index in [9.17, 15) is 9.18 Å². The highest BCUT2D eigenvalue weighted by Gasteiger charge is 2.30. The summed E-state index contributed by atoms with van der Waals surface area (Å²) in [5.41, 5.74) is 2.08. The van der Waals surface area contributed by atoms with Gasteiger partial charge in [-0.05, 0) is 62.0 Å². The Morgan fingerprint density at radius 1 is 1.22 bits per heavy atom. The van der Waals surface area contributed by atoms with E-state index in [4.69, 9.17) is 17.0 Å². The van der Waals surface area contributed by atoms with E-state index in [0.29, 0.717) is 23.0 Å². The maximum atomic E-state index is 13.3. The van der Waals surface area contributed by atoms with Crippen molar-refractivity contribution in [2.24, 2.45) is 0 Å². The fraction of sp³-hybridized carbons (Fsp3) is 0.200. The van der Waals surface area contributed by atoms with Crippen LogP contribution in [0.25, 0.3) is 0 Å². The third-order valence-corrected chi connectivity index (χ3v) is 5.23. The lowest BCUT2D eigenvalue weighted by atomic mass is 9.96. The summed E-state index contributed by atoms with van der Waals surface area (Å²) >= 11 is 6.71. The number of rotatable bonds is 5. The normalized spacial score (nSPS) is 16.6. The van der Waals surface area contributed by atoms with Crippen LogP contribution in [0.15, 0.2) is 69.6 Å². The van der Waals surface area contributed by atoms with Crippen molar-refractivity contribution in [1.29, 1.82) is 0 Å². The molecule has 140 valence electrons. The summed E-state index contributed by atoms with van der Waals surface area (Å²) in [5.74, 6) is -0.635. The van der Waals surface area contributed by atoms with Gasteiger partial charge in [0.25, 0.3) is 0 Å². The van der Waals surface area contributed by atoms with Crippen LogP contribution >= 0.6 is 24.0 Å². The quantitative estimate of drug-likeness (QED) is 0.573. The summed E-state index contributed by atoms with van der Waals surface area (Å²) in [6.45, 7) is 3.88. The first-order valence-corrected chi connectivity index (χ1v) is 9.69. The fourth-order valence-corrected chi connectivity index (χ4v) is 3.95. The van der Waals surface area contributed by atoms with Crippen molar-refractivity contribution in [2.75, 3.05) is 6.61 Å². The number of hydrogen-bond donors (Lipinski definition) is 2. The number of carbonyl (C=O) groups is 1. The molecule has 3 rings (SSSR count). The second kappa shape index (κ2) is 8.54. The molecule has 1 aliphatic rings. The Morgan fingerprint density at radius 2 is 1.96 bits per heavy atom. The van der Waals surface area contributed by atoms with Gasteiger partial charge in [0, 0.05) is 15.5 Å². The van der Waals surface area contributed by atoms with E-state index in [-0.39, 0.29) is 17.8 Å². The van der Waals surface area contributed by atoms with Crippen molar-refractivity contribution in [2.45, 2.75) is 29.7 Å². The van der Waals surface area contributed by atoms with Crippen LogP contribution in [-0.4, -0.2) is 17.7 Å². The molecule has 0 aliphatic carbocycles. The number of hydrogen-bond acceptors (Lipinski definition) is 4. The molecule has 0 amide bonds. The molecule has 27 heavy (non-hydrogen) atoms. The van der Waals surface area contributed by atoms with Gasteiger partial charge in [-0.25, -0.2) is 9.18 Å². The van der Waals surface area contributed by atoms with Crippen LogP contribution in [0.3, 0.4) is 0 Å². The minimum absolute atomic E-state index is 0.260. The van der Waals surface area contributed by atoms with Gasteiger partial charge in [0.2, 0.25) is 0 Å². The van der Waals surface area contributed by atoms with E-state index in [1.807, 2.05) is 30.3 Å². The van der Waals surface area contributed by atoms with Gasteiger partial charge in [-0.15, -0.1) is 0 Å². The molecule has 7 heteroatoms. The lowest BCUT2D eigenvalue weighted by Gasteiger charge is -2.29. The number of halogens is 1. The maximum absolute atomic E-state index is 13.3. The van der Waals surface area contributed by atoms with Gasteiger partial charge in [0.1, 0.15) is 5.82 Å². The number of esters is 1. The van der Waals surface area contributed by atoms with Gasteiger partial charge in [0.15, 0.2) is 5.11 Å². The van der Waals surface area contributed by atoms with Crippen molar-refractivity contribution < 1.29 is 13.9 Å². The highest BCUT2D eigenvalue weighted by molar-refractivity contribution is 7.99. The van der Waals surface area contributed by atoms with E-state index < -0.39 is 0 Å². The molecule has 0 saturated heterocycles. The average molecular weight is 403 g/mol. The van der Waals surface area contributed by atoms with Gasteiger partial charge in [-0.1, -0.05) is 30.0 Å². The number of ether oxygens (including phenoxy) is 1. The van der Waals surface area contributed by atoms with Crippen molar-refractivity contribution in [3.8, 4) is 0 Å². The number of benzene rings is 2. The Labute approximate surface area is 167 Å². The van der Waals surface area contributed by atoms with Crippen molar-refractivity contribution in [3.63, 3.8) is 0 Å². The fourth-order valence-electron chi connectivity index (χ4n) is 2.82. The van der Waals surface area contributed by atoms with Crippen LogP contribution in [0.4, 0.5) is 4.39 Å². The van der Waals surface area contributed by atoms with E-state index in [2.05, 4.69) is 10.6 Å². The molecule has 0 spiro atoms. The predicted molar refractivity (Wildman–Crippen MR) is 108 cm³/mol. The zero-order valence-electron chi connectivity index (χ0n) is 14.9.